The van der Waals surface area contributed by atoms with Gasteiger partial charge in [0.15, 0.2) is 5.78 Å². The van der Waals surface area contributed by atoms with Crippen LogP contribution in [0.4, 0.5) is 38.5 Å². The number of para-hydroxylation sites is 2. The minimum atomic E-state index is -1.12. The Labute approximate surface area is 706 Å². The topological polar surface area (TPSA) is 456 Å². The van der Waals surface area contributed by atoms with Crippen LogP contribution in [0.3, 0.4) is 0 Å². The lowest BCUT2D eigenvalue weighted by molar-refractivity contribution is -0.137. The second kappa shape index (κ2) is 41.5. The number of halogens is 1. The van der Waals surface area contributed by atoms with Gasteiger partial charge in [-0.1, -0.05) is 79.2 Å². The Morgan fingerprint density at radius 1 is 0.512 bits per heavy atom. The van der Waals surface area contributed by atoms with Gasteiger partial charge in [-0.2, -0.15) is 0 Å². The summed E-state index contributed by atoms with van der Waals surface area (Å²) in [5, 5.41) is 38.1. The maximum atomic E-state index is 13.3. The molecule has 13 N–H and O–H groups in total. The van der Waals surface area contributed by atoms with Crippen LogP contribution in [0.2, 0.25) is 0 Å². The predicted octanol–water partition coefficient (Wildman–Crippen LogP) is 10.0. The monoisotopic (exact) mass is 1670 g/mol. The lowest BCUT2D eigenvalue weighted by atomic mass is 9.98. The summed E-state index contributed by atoms with van der Waals surface area (Å²) in [6.45, 7) is 1.14. The average molecular weight is 1670 g/mol. The number of aliphatic carboxylic acids is 1. The van der Waals surface area contributed by atoms with Crippen LogP contribution in [0.1, 0.15) is 148 Å². The Morgan fingerprint density at radius 2 is 0.927 bits per heavy atom. The van der Waals surface area contributed by atoms with Gasteiger partial charge in [-0.3, -0.25) is 102 Å². The van der Waals surface area contributed by atoms with E-state index in [2.05, 4.69) is 63.1 Å². The highest BCUT2D eigenvalue weighted by atomic mass is 19.1. The van der Waals surface area contributed by atoms with Crippen LogP contribution < -0.4 is 68.4 Å². The molecule has 123 heavy (non-hydrogen) atoms. The molecule has 6 heterocycles. The van der Waals surface area contributed by atoms with Crippen LogP contribution in [-0.2, 0) is 28.8 Å². The Kier molecular flexibility index (Phi) is 29.4. The number of fused-ring (bicyclic) bond motifs is 4. The second-order valence-electron chi connectivity index (χ2n) is 28.3. The van der Waals surface area contributed by atoms with Crippen molar-refractivity contribution in [2.75, 3.05) is 89.5 Å². The number of carboxylic acid groups (broad SMARTS) is 1. The molecule has 2 atom stereocenters. The highest BCUT2D eigenvalue weighted by molar-refractivity contribution is 6.27. The number of pyridine rings is 2. The van der Waals surface area contributed by atoms with E-state index in [1.807, 2.05) is 109 Å². The molecule has 2 unspecified atom stereocenters. The number of nitrogens with two attached hydrogens (primary N) is 1. The van der Waals surface area contributed by atoms with Crippen molar-refractivity contribution >= 4 is 139 Å². The first-order valence-corrected chi connectivity index (χ1v) is 39.3. The van der Waals surface area contributed by atoms with Crippen molar-refractivity contribution in [3.8, 4) is 33.8 Å². The fraction of sp³-hybridized carbons (Fsp3) is 0.244. The number of Topliss-reactive ketones (excluding diaryl/α,β-unsaturated/α-hetero) is 1. The number of aromatic nitrogens is 2. The molecule has 12 amide bonds. The van der Waals surface area contributed by atoms with Crippen LogP contribution in [0.25, 0.3) is 44.1 Å². The second-order valence-corrected chi connectivity index (χ2v) is 28.3. The maximum absolute atomic E-state index is 13.3. The number of alkyl halides is 1. The summed E-state index contributed by atoms with van der Waals surface area (Å²) in [4.78, 5) is 184. The summed E-state index contributed by atoms with van der Waals surface area (Å²) in [7, 11) is 5.34. The number of nitrogens with one attached hydrogen (secondary N) is 10. The number of piperidine rings is 2. The normalized spacial score (nSPS) is 14.4. The van der Waals surface area contributed by atoms with Gasteiger partial charge >= 0.3 is 5.97 Å². The molecule has 2 fully saturated rings. The number of carbonyl (C=O) groups excluding carboxylic acids is 13. The number of unbranched alkanes of at least 4 members (excludes halogenated alkanes) is 3. The molecule has 0 bridgehead atoms. The van der Waals surface area contributed by atoms with Crippen LogP contribution in [0, 0.1) is 0 Å². The van der Waals surface area contributed by atoms with E-state index in [-0.39, 0.29) is 96.0 Å². The van der Waals surface area contributed by atoms with E-state index >= 15 is 0 Å². The Balaban J connectivity index is 0.000000197. The van der Waals surface area contributed by atoms with Crippen LogP contribution in [0.5, 0.6) is 11.5 Å². The first kappa shape index (κ1) is 87.2. The molecule has 33 heteroatoms. The van der Waals surface area contributed by atoms with Crippen LogP contribution in [0.15, 0.2) is 182 Å². The number of nitrogens with zero attached hydrogens (tertiary/aromatic N) is 4. The highest BCUT2D eigenvalue weighted by Crippen LogP contribution is 2.42. The maximum Gasteiger partial charge on any atom is 0.322 e. The van der Waals surface area contributed by atoms with E-state index in [1.165, 1.54) is 30.5 Å². The third kappa shape index (κ3) is 20.8. The lowest BCUT2D eigenvalue weighted by Crippen LogP contribution is -2.54. The summed E-state index contributed by atoms with van der Waals surface area (Å²) in [5.41, 5.74) is 15.7. The van der Waals surface area contributed by atoms with Crippen LogP contribution in [-0.4, -0.2) is 188 Å². The van der Waals surface area contributed by atoms with Gasteiger partial charge in [0.1, 0.15) is 30.1 Å². The summed E-state index contributed by atoms with van der Waals surface area (Å²) in [6, 6.07) is 48.3. The number of ether oxygens (including phenoxy) is 2. The SMILES string of the molecule is CNC(=O)c1cnc2cc(OC)c(-c3ccc(C(=O)NCCCCCC(=O)CNc4cccc5c4C(=O)N(C4CCC(=O)NC4=O)C5=O)cc3)cc2c1Nc1ccccc1.CNC(=O)c1cnc2cc(OC)c(-c3ccc(C(=O)NCCCCN)cc3)cc2c1Nc1ccccc1.O=C(O)CNc1cccc2c1C(=O)N(C1CCC(=O)NC1=O)C2=O.[2H]CF. The third-order valence-electron chi connectivity index (χ3n) is 20.5. The minimum Gasteiger partial charge on any atom is -0.496 e. The number of amides is 12. The Hall–Kier alpha value is -15.2. The molecule has 4 aliphatic heterocycles. The fourth-order valence-corrected chi connectivity index (χ4v) is 14.3. The minimum absolute atomic E-state index is 0.0207. The quantitative estimate of drug-likeness (QED) is 0.0147. The van der Waals surface area contributed by atoms with Gasteiger partial charge in [-0.05, 0) is 141 Å². The molecular weight excluding hydrogens is 1580 g/mol. The summed E-state index contributed by atoms with van der Waals surface area (Å²) in [6.07, 6.45) is 7.21. The van der Waals surface area contributed by atoms with Gasteiger partial charge in [0.25, 0.3) is 47.3 Å². The summed E-state index contributed by atoms with van der Waals surface area (Å²) in [5.74, 6) is -5.75. The number of carboxylic acids is 1. The smallest absolute Gasteiger partial charge is 0.322 e. The number of rotatable bonds is 30. The standard InChI is InChI=1S/C45H43N7O8.C29H31N5O3.C15H13N3O6.CH3F/c1-46-42(56)33-25-49-35-23-37(60-2)31(22-32(35)40(33)50-28-10-5-3-6-11-28)26-15-17-27(18-16-26)41(55)47-21-8-4-7-12-29(53)24-48-34-14-9-13-30-39(34)45(59)52(44(30)58)36-19-20-38(54)51-43(36)57;1-31-29(36)24-18-33-25-17-26(37-2)22(16-23(25)27(24)34-21-8-4-3-5-9-21)19-10-12-20(13-11-19)28(35)32-15-7-6-14-30;19-10-5-4-9(13(22)17-10)18-14(23)7-2-1-3-8(12(7)15(18)24)16-6-11(20)21;1-2/h3,5-6,9-11,13-18,22-23,25,36,48H,4,7-8,12,19-21,24H2,1-2H3,(H,46,56)(H,47,55)(H,49,50)(H,51,54,57);3-5,8-13,16-18H,6-7,14-15,30H2,1-2H3,(H,31,36)(H,32,35)(H,33,34);1-3,9,16H,4-6H2,(H,20,21)(H,17,19,22);1H3/i;;;1D. The van der Waals surface area contributed by atoms with E-state index in [4.69, 9.17) is 21.7 Å². The van der Waals surface area contributed by atoms with Gasteiger partial charge in [0, 0.05) is 127 Å². The fourth-order valence-electron chi connectivity index (χ4n) is 14.3. The number of anilines is 6. The van der Waals surface area contributed by atoms with Crippen molar-refractivity contribution in [1.29, 1.82) is 0 Å². The van der Waals surface area contributed by atoms with Gasteiger partial charge in [-0.15, -0.1) is 0 Å². The first-order chi connectivity index (χ1) is 59.9. The van der Waals surface area contributed by atoms with Crippen molar-refractivity contribution in [1.82, 2.24) is 51.7 Å². The highest BCUT2D eigenvalue weighted by Gasteiger charge is 2.47. The van der Waals surface area contributed by atoms with E-state index in [1.54, 1.807) is 70.9 Å². The van der Waals surface area contributed by atoms with Crippen LogP contribution >= 0.6 is 0 Å². The molecule has 0 saturated carbocycles. The van der Waals surface area contributed by atoms with Gasteiger partial charge in [0.2, 0.25) is 23.6 Å². The number of ketones is 1. The molecule has 2 saturated heterocycles. The zero-order valence-electron chi connectivity index (χ0n) is 68.5. The van der Waals surface area contributed by atoms with Crippen molar-refractivity contribution in [3.05, 3.63) is 227 Å². The molecule has 634 valence electrons. The van der Waals surface area contributed by atoms with Crippen molar-refractivity contribution < 1.29 is 87.5 Å². The van der Waals surface area contributed by atoms with Crippen molar-refractivity contribution in [2.24, 2.45) is 5.73 Å². The Morgan fingerprint density at radius 3 is 1.32 bits per heavy atom. The van der Waals surface area contributed by atoms with E-state index < -0.39 is 79.0 Å². The molecule has 0 aliphatic carbocycles. The van der Waals surface area contributed by atoms with Crippen molar-refractivity contribution in [2.45, 2.75) is 76.3 Å². The van der Waals surface area contributed by atoms with Crippen molar-refractivity contribution in [3.63, 3.8) is 0 Å². The number of benzene rings is 8. The van der Waals surface area contributed by atoms with Gasteiger partial charge in [0.05, 0.1) is 85.1 Å². The summed E-state index contributed by atoms with van der Waals surface area (Å²) >= 11 is 0. The summed E-state index contributed by atoms with van der Waals surface area (Å²) < 4.78 is 26.9. The zero-order valence-corrected chi connectivity index (χ0v) is 67.5. The molecule has 0 spiro atoms. The Bertz CT molecular complexity index is 5770. The number of imide groups is 4. The molecule has 14 rings (SSSR count). The average Bonchev–Trinajstić information content (AvgIpc) is 1.27. The largest absolute Gasteiger partial charge is 0.496 e. The first-order valence-electron chi connectivity index (χ1n) is 40.0. The molecule has 2 aromatic heterocycles. The molecular formula is C90H90FN15O17. The zero-order chi connectivity index (χ0) is 88.7. The lowest BCUT2D eigenvalue weighted by Gasteiger charge is -2.27. The number of carbonyl (C=O) groups is 14. The van der Waals surface area contributed by atoms with Gasteiger partial charge < -0.3 is 62.8 Å². The number of methoxy groups -OCH3 is 2. The predicted molar refractivity (Wildman–Crippen MR) is 458 cm³/mol. The van der Waals surface area contributed by atoms with E-state index in [0.717, 1.165) is 61.7 Å². The number of hydrogen-bond acceptors (Lipinski definition) is 23. The molecule has 10 aromatic rings. The molecule has 0 radical (unpaired) electrons. The molecule has 8 aromatic carbocycles. The number of hydrogen-bond donors (Lipinski definition) is 12. The third-order valence-corrected chi connectivity index (χ3v) is 20.5. The van der Waals surface area contributed by atoms with E-state index in [9.17, 15) is 71.5 Å². The molecule has 32 nitrogen and oxygen atoms in total. The van der Waals surface area contributed by atoms with E-state index in [0.29, 0.717) is 106 Å². The molecule has 4 aliphatic rings. The van der Waals surface area contributed by atoms with Gasteiger partial charge in [-0.25, -0.2) is 0 Å².